The predicted octanol–water partition coefficient (Wildman–Crippen LogP) is 3.71. The first kappa shape index (κ1) is 22.1. The smallest absolute Gasteiger partial charge is 0.344 e. The molecule has 0 spiro atoms. The van der Waals surface area contributed by atoms with E-state index in [0.717, 1.165) is 21.7 Å². The average Bonchev–Trinajstić information content (AvgIpc) is 3.06. The van der Waals surface area contributed by atoms with Crippen molar-refractivity contribution in [2.75, 3.05) is 6.61 Å². The number of nitrogens with one attached hydrogen (secondary N) is 2. The number of ether oxygens (including phenoxy) is 1. The quantitative estimate of drug-likeness (QED) is 0.520. The molecule has 1 fully saturated rings. The van der Waals surface area contributed by atoms with Gasteiger partial charge < -0.3 is 10.1 Å². The van der Waals surface area contributed by atoms with Crippen molar-refractivity contribution in [3.05, 3.63) is 90.5 Å². The molecule has 0 aromatic heterocycles. The summed E-state index contributed by atoms with van der Waals surface area (Å²) in [6, 6.07) is 26.1. The number of nitrogens with zero attached hydrogens (tertiary/aromatic N) is 1. The summed E-state index contributed by atoms with van der Waals surface area (Å²) in [5, 5.41) is 3.43. The molecule has 3 aromatic rings. The van der Waals surface area contributed by atoms with Gasteiger partial charge in [0.2, 0.25) is 0 Å². The van der Waals surface area contributed by atoms with Crippen LogP contribution in [-0.2, 0) is 16.0 Å². The Balaban J connectivity index is 1.36. The fourth-order valence-electron chi connectivity index (χ4n) is 3.74. The van der Waals surface area contributed by atoms with Crippen LogP contribution in [0.4, 0.5) is 4.79 Å². The van der Waals surface area contributed by atoms with E-state index in [4.69, 9.17) is 4.74 Å². The first-order valence-electron chi connectivity index (χ1n) is 10.7. The first-order valence-corrected chi connectivity index (χ1v) is 10.7. The topological polar surface area (TPSA) is 87.7 Å². The van der Waals surface area contributed by atoms with Crippen LogP contribution in [0.15, 0.2) is 84.9 Å². The number of amides is 4. The fourth-order valence-corrected chi connectivity index (χ4v) is 3.74. The summed E-state index contributed by atoms with van der Waals surface area (Å²) >= 11 is 0. The number of aryl methyl sites for hydroxylation is 1. The van der Waals surface area contributed by atoms with Crippen LogP contribution in [0.3, 0.4) is 0 Å². The lowest BCUT2D eigenvalue weighted by atomic mass is 9.93. The highest BCUT2D eigenvalue weighted by Crippen LogP contribution is 2.29. The van der Waals surface area contributed by atoms with E-state index in [1.807, 2.05) is 78.9 Å². The number of rotatable bonds is 8. The molecule has 0 radical (unpaired) electrons. The van der Waals surface area contributed by atoms with Gasteiger partial charge in [-0.3, -0.25) is 15.0 Å². The van der Waals surface area contributed by atoms with Crippen LogP contribution in [0.1, 0.15) is 18.9 Å². The molecule has 0 bridgehead atoms. The highest BCUT2D eigenvalue weighted by atomic mass is 16.5. The van der Waals surface area contributed by atoms with Crippen molar-refractivity contribution < 1.29 is 19.1 Å². The molecule has 7 nitrogen and oxygen atoms in total. The fraction of sp³-hybridized carbons (Fsp3) is 0.192. The monoisotopic (exact) mass is 443 g/mol. The van der Waals surface area contributed by atoms with Gasteiger partial charge in [0.05, 0.1) is 0 Å². The largest absolute Gasteiger partial charge is 0.483 e. The molecule has 33 heavy (non-hydrogen) atoms. The zero-order chi connectivity index (χ0) is 23.3. The Kier molecular flexibility index (Phi) is 6.40. The van der Waals surface area contributed by atoms with Crippen molar-refractivity contribution in [1.82, 2.24) is 15.8 Å². The minimum Gasteiger partial charge on any atom is -0.483 e. The van der Waals surface area contributed by atoms with Gasteiger partial charge in [-0.1, -0.05) is 78.9 Å². The van der Waals surface area contributed by atoms with Gasteiger partial charge in [0.1, 0.15) is 11.3 Å². The van der Waals surface area contributed by atoms with E-state index in [2.05, 4.69) is 10.7 Å². The molecule has 1 unspecified atom stereocenters. The number of carbonyl (C=O) groups is 3. The lowest BCUT2D eigenvalue weighted by Crippen LogP contribution is -2.50. The second-order valence-electron chi connectivity index (χ2n) is 8.07. The molecule has 4 amide bonds. The molecule has 4 rings (SSSR count). The van der Waals surface area contributed by atoms with Crippen molar-refractivity contribution in [3.8, 4) is 16.9 Å². The summed E-state index contributed by atoms with van der Waals surface area (Å²) in [7, 11) is 0. The van der Waals surface area contributed by atoms with Gasteiger partial charge in [0.15, 0.2) is 6.61 Å². The SMILES string of the molecule is CC1(CCc2ccccc2)NC(=O)N(NC(=O)COc2ccccc2-c2ccccc2)C1=O. The Morgan fingerprint density at radius 2 is 1.58 bits per heavy atom. The number of hydrogen-bond acceptors (Lipinski definition) is 4. The second kappa shape index (κ2) is 9.56. The molecule has 0 aliphatic carbocycles. The van der Waals surface area contributed by atoms with Gasteiger partial charge in [-0.15, -0.1) is 0 Å². The average molecular weight is 444 g/mol. The Labute approximate surface area is 192 Å². The van der Waals surface area contributed by atoms with E-state index in [1.54, 1.807) is 13.0 Å². The zero-order valence-electron chi connectivity index (χ0n) is 18.3. The van der Waals surface area contributed by atoms with Gasteiger partial charge >= 0.3 is 6.03 Å². The molecular formula is C26H25N3O4. The van der Waals surface area contributed by atoms with Crippen molar-refractivity contribution in [3.63, 3.8) is 0 Å². The molecule has 1 atom stereocenters. The molecule has 1 aliphatic heterocycles. The molecule has 168 valence electrons. The summed E-state index contributed by atoms with van der Waals surface area (Å²) in [6.45, 7) is 1.32. The maximum Gasteiger partial charge on any atom is 0.344 e. The third kappa shape index (κ3) is 5.03. The Bertz CT molecular complexity index is 1150. The number of imide groups is 1. The number of hydrogen-bond donors (Lipinski definition) is 2. The molecule has 1 saturated heterocycles. The Morgan fingerprint density at radius 1 is 0.939 bits per heavy atom. The Hall–Kier alpha value is -4.13. The van der Waals surface area contributed by atoms with Crippen molar-refractivity contribution in [1.29, 1.82) is 0 Å². The zero-order valence-corrected chi connectivity index (χ0v) is 18.3. The number of benzene rings is 3. The van der Waals surface area contributed by atoms with Gasteiger partial charge in [-0.05, 0) is 37.0 Å². The van der Waals surface area contributed by atoms with E-state index in [-0.39, 0.29) is 6.61 Å². The summed E-state index contributed by atoms with van der Waals surface area (Å²) in [6.07, 6.45) is 1.03. The highest BCUT2D eigenvalue weighted by Gasteiger charge is 2.48. The summed E-state index contributed by atoms with van der Waals surface area (Å²) < 4.78 is 5.71. The van der Waals surface area contributed by atoms with Gasteiger partial charge in [-0.25, -0.2) is 4.79 Å². The molecule has 7 heteroatoms. The molecule has 1 heterocycles. The van der Waals surface area contributed by atoms with Crippen LogP contribution in [0, 0.1) is 0 Å². The van der Waals surface area contributed by atoms with E-state index >= 15 is 0 Å². The van der Waals surface area contributed by atoms with Crippen LogP contribution in [-0.4, -0.2) is 35.0 Å². The van der Waals surface area contributed by atoms with Crippen LogP contribution in [0.25, 0.3) is 11.1 Å². The third-order valence-electron chi connectivity index (χ3n) is 5.58. The molecular weight excluding hydrogens is 418 g/mol. The number of carbonyl (C=O) groups excluding carboxylic acids is 3. The lowest BCUT2D eigenvalue weighted by molar-refractivity contribution is -0.139. The van der Waals surface area contributed by atoms with Gasteiger partial charge in [-0.2, -0.15) is 5.01 Å². The lowest BCUT2D eigenvalue weighted by Gasteiger charge is -2.21. The first-order chi connectivity index (χ1) is 16.0. The van der Waals surface area contributed by atoms with Gasteiger partial charge in [0, 0.05) is 5.56 Å². The van der Waals surface area contributed by atoms with Gasteiger partial charge in [0.25, 0.3) is 11.8 Å². The van der Waals surface area contributed by atoms with Crippen LogP contribution >= 0.6 is 0 Å². The second-order valence-corrected chi connectivity index (χ2v) is 8.07. The van der Waals surface area contributed by atoms with Crippen LogP contribution < -0.4 is 15.5 Å². The van der Waals surface area contributed by atoms with Crippen molar-refractivity contribution in [2.45, 2.75) is 25.3 Å². The number of hydrazine groups is 1. The standard InChI is InChI=1S/C26H25N3O4/c1-26(17-16-19-10-4-2-5-11-19)24(31)29(25(32)27-26)28-23(30)18-33-22-15-9-8-14-21(22)20-12-6-3-7-13-20/h2-15H,16-18H2,1H3,(H,27,32)(H,28,30). The summed E-state index contributed by atoms with van der Waals surface area (Å²) in [5.74, 6) is -0.570. The summed E-state index contributed by atoms with van der Waals surface area (Å²) in [4.78, 5) is 37.8. The Morgan fingerprint density at radius 3 is 2.30 bits per heavy atom. The van der Waals surface area contributed by atoms with Crippen LogP contribution in [0.2, 0.25) is 0 Å². The van der Waals surface area contributed by atoms with Crippen LogP contribution in [0.5, 0.6) is 5.75 Å². The number of para-hydroxylation sites is 1. The number of urea groups is 1. The maximum absolute atomic E-state index is 12.9. The minimum atomic E-state index is -1.10. The van der Waals surface area contributed by atoms with E-state index in [1.165, 1.54) is 0 Å². The molecule has 3 aromatic carbocycles. The van der Waals surface area contributed by atoms with E-state index < -0.39 is 23.4 Å². The minimum absolute atomic E-state index is 0.346. The molecule has 1 aliphatic rings. The molecule has 0 saturated carbocycles. The van der Waals surface area contributed by atoms with E-state index in [0.29, 0.717) is 18.6 Å². The summed E-state index contributed by atoms with van der Waals surface area (Å²) in [5.41, 5.74) is 4.13. The predicted molar refractivity (Wildman–Crippen MR) is 124 cm³/mol. The van der Waals surface area contributed by atoms with Crippen molar-refractivity contribution in [2.24, 2.45) is 0 Å². The highest BCUT2D eigenvalue weighted by molar-refractivity contribution is 6.07. The molecule has 2 N–H and O–H groups in total. The van der Waals surface area contributed by atoms with E-state index in [9.17, 15) is 14.4 Å². The normalized spacial score (nSPS) is 17.5. The maximum atomic E-state index is 12.9. The third-order valence-corrected chi connectivity index (χ3v) is 5.58. The van der Waals surface area contributed by atoms with Crippen molar-refractivity contribution >= 4 is 17.8 Å².